The Morgan fingerprint density at radius 2 is 1.76 bits per heavy atom. The molecule has 0 fully saturated rings. The van der Waals surface area contributed by atoms with Gasteiger partial charge in [0.2, 0.25) is 0 Å². The molecule has 0 N–H and O–H groups in total. The van der Waals surface area contributed by atoms with Crippen LogP contribution in [0, 0.1) is 0 Å². The largest absolute Gasteiger partial charge is 0.465 e. The van der Waals surface area contributed by atoms with E-state index in [-0.39, 0.29) is 5.91 Å². The maximum absolute atomic E-state index is 12.8. The van der Waals surface area contributed by atoms with Crippen LogP contribution < -0.4 is 4.90 Å². The number of amides is 1. The standard InChI is InChI=1S/C19H17NO3S2/c1-3-20(18(21)16-10-11-17(25-16)19(22)23-2)14-8-6-13(7-9-14)15-5-4-12-24-15/h4-12H,3H2,1-2H3. The van der Waals surface area contributed by atoms with Crippen molar-refractivity contribution in [2.75, 3.05) is 18.6 Å². The lowest BCUT2D eigenvalue weighted by Gasteiger charge is -2.20. The van der Waals surface area contributed by atoms with Crippen LogP contribution in [0.25, 0.3) is 10.4 Å². The number of carbonyl (C=O) groups is 2. The number of methoxy groups -OCH3 is 1. The first-order chi connectivity index (χ1) is 12.1. The van der Waals surface area contributed by atoms with Gasteiger partial charge in [0.15, 0.2) is 0 Å². The van der Waals surface area contributed by atoms with Gasteiger partial charge in [-0.25, -0.2) is 4.79 Å². The minimum absolute atomic E-state index is 0.119. The fourth-order valence-electron chi connectivity index (χ4n) is 2.49. The molecule has 0 saturated carbocycles. The van der Waals surface area contributed by atoms with Crippen molar-refractivity contribution < 1.29 is 14.3 Å². The Morgan fingerprint density at radius 1 is 1.04 bits per heavy atom. The second kappa shape index (κ2) is 7.63. The van der Waals surface area contributed by atoms with Crippen LogP contribution in [-0.4, -0.2) is 25.5 Å². The fraction of sp³-hybridized carbons (Fsp3) is 0.158. The van der Waals surface area contributed by atoms with E-state index in [0.29, 0.717) is 16.3 Å². The van der Waals surface area contributed by atoms with Crippen molar-refractivity contribution in [2.45, 2.75) is 6.92 Å². The molecule has 0 saturated heterocycles. The molecule has 1 amide bonds. The van der Waals surface area contributed by atoms with Crippen LogP contribution in [0.3, 0.4) is 0 Å². The van der Waals surface area contributed by atoms with E-state index in [1.807, 2.05) is 42.6 Å². The van der Waals surface area contributed by atoms with Crippen molar-refractivity contribution in [3.63, 3.8) is 0 Å². The fourth-order valence-corrected chi connectivity index (χ4v) is 4.09. The molecule has 0 aliphatic carbocycles. The minimum Gasteiger partial charge on any atom is -0.465 e. The van der Waals surface area contributed by atoms with E-state index in [2.05, 4.69) is 6.07 Å². The number of anilines is 1. The molecule has 25 heavy (non-hydrogen) atoms. The van der Waals surface area contributed by atoms with Gasteiger partial charge in [0.05, 0.1) is 12.0 Å². The average Bonchev–Trinajstić information content (AvgIpc) is 3.34. The predicted molar refractivity (Wildman–Crippen MR) is 103 cm³/mol. The summed E-state index contributed by atoms with van der Waals surface area (Å²) in [6.45, 7) is 2.47. The van der Waals surface area contributed by atoms with E-state index in [9.17, 15) is 9.59 Å². The molecular weight excluding hydrogens is 354 g/mol. The number of carbonyl (C=O) groups excluding carboxylic acids is 2. The zero-order chi connectivity index (χ0) is 17.8. The highest BCUT2D eigenvalue weighted by Crippen LogP contribution is 2.28. The Morgan fingerprint density at radius 3 is 2.36 bits per heavy atom. The Hall–Kier alpha value is -2.44. The maximum Gasteiger partial charge on any atom is 0.348 e. The van der Waals surface area contributed by atoms with Crippen LogP contribution in [0.2, 0.25) is 0 Å². The van der Waals surface area contributed by atoms with E-state index >= 15 is 0 Å². The maximum atomic E-state index is 12.8. The quantitative estimate of drug-likeness (QED) is 0.598. The van der Waals surface area contributed by atoms with Crippen LogP contribution in [0.4, 0.5) is 5.69 Å². The highest BCUT2D eigenvalue weighted by molar-refractivity contribution is 7.16. The summed E-state index contributed by atoms with van der Waals surface area (Å²) in [5, 5.41) is 2.04. The molecule has 3 rings (SSSR count). The normalized spacial score (nSPS) is 10.5. The molecule has 0 aliphatic heterocycles. The second-order valence-corrected chi connectivity index (χ2v) is 7.26. The smallest absolute Gasteiger partial charge is 0.348 e. The summed E-state index contributed by atoms with van der Waals surface area (Å²) in [7, 11) is 1.33. The summed E-state index contributed by atoms with van der Waals surface area (Å²) in [6.07, 6.45) is 0. The molecule has 6 heteroatoms. The number of esters is 1. The molecule has 128 valence electrons. The summed E-state index contributed by atoms with van der Waals surface area (Å²) >= 11 is 2.83. The zero-order valence-electron chi connectivity index (χ0n) is 13.9. The van der Waals surface area contributed by atoms with Crippen molar-refractivity contribution in [1.29, 1.82) is 0 Å². The number of hydrogen-bond donors (Lipinski definition) is 0. The van der Waals surface area contributed by atoms with Gasteiger partial charge in [0.25, 0.3) is 5.91 Å². The first kappa shape index (κ1) is 17.4. The molecule has 0 spiro atoms. The van der Waals surface area contributed by atoms with Crippen LogP contribution in [0.15, 0.2) is 53.9 Å². The number of thiophene rings is 2. The summed E-state index contributed by atoms with van der Waals surface area (Å²) in [4.78, 5) is 28.2. The van der Waals surface area contributed by atoms with Crippen LogP contribution >= 0.6 is 22.7 Å². The number of ether oxygens (including phenoxy) is 1. The van der Waals surface area contributed by atoms with E-state index in [1.165, 1.54) is 12.0 Å². The molecule has 0 unspecified atom stereocenters. The summed E-state index contributed by atoms with van der Waals surface area (Å²) in [5.41, 5.74) is 1.96. The third-order valence-corrected chi connectivity index (χ3v) is 5.72. The van der Waals surface area contributed by atoms with Crippen LogP contribution in [-0.2, 0) is 4.74 Å². The molecule has 3 aromatic rings. The zero-order valence-corrected chi connectivity index (χ0v) is 15.5. The molecule has 0 aliphatic rings. The number of nitrogens with zero attached hydrogens (tertiary/aromatic N) is 1. The highest BCUT2D eigenvalue weighted by atomic mass is 32.1. The third kappa shape index (κ3) is 3.65. The van der Waals surface area contributed by atoms with Crippen molar-refractivity contribution in [3.05, 3.63) is 63.7 Å². The first-order valence-electron chi connectivity index (χ1n) is 7.78. The van der Waals surface area contributed by atoms with Crippen molar-refractivity contribution in [2.24, 2.45) is 0 Å². The monoisotopic (exact) mass is 371 g/mol. The number of benzene rings is 1. The first-order valence-corrected chi connectivity index (χ1v) is 9.47. The molecule has 0 radical (unpaired) electrons. The van der Waals surface area contributed by atoms with Gasteiger partial charge in [-0.1, -0.05) is 18.2 Å². The Balaban J connectivity index is 1.83. The topological polar surface area (TPSA) is 46.6 Å². The van der Waals surface area contributed by atoms with Gasteiger partial charge in [-0.15, -0.1) is 22.7 Å². The van der Waals surface area contributed by atoms with Gasteiger partial charge in [-0.3, -0.25) is 4.79 Å². The predicted octanol–water partition coefficient (Wildman–Crippen LogP) is 4.93. The van der Waals surface area contributed by atoms with Gasteiger partial charge < -0.3 is 9.64 Å². The van der Waals surface area contributed by atoms with Crippen molar-refractivity contribution in [3.8, 4) is 10.4 Å². The summed E-state index contributed by atoms with van der Waals surface area (Å²) < 4.78 is 4.70. The summed E-state index contributed by atoms with van der Waals surface area (Å²) in [5.74, 6) is -0.543. The van der Waals surface area contributed by atoms with Gasteiger partial charge in [-0.05, 0) is 48.2 Å². The lowest BCUT2D eigenvalue weighted by Crippen LogP contribution is -2.29. The van der Waals surface area contributed by atoms with E-state index in [4.69, 9.17) is 4.74 Å². The van der Waals surface area contributed by atoms with Gasteiger partial charge in [-0.2, -0.15) is 0 Å². The highest BCUT2D eigenvalue weighted by Gasteiger charge is 2.20. The van der Waals surface area contributed by atoms with Gasteiger partial charge in [0.1, 0.15) is 4.88 Å². The SMILES string of the molecule is CCN(C(=O)c1ccc(C(=O)OC)s1)c1ccc(-c2cccs2)cc1. The molecule has 0 bridgehead atoms. The molecular formula is C19H17NO3S2. The van der Waals surface area contributed by atoms with Crippen LogP contribution in [0.1, 0.15) is 26.3 Å². The molecule has 1 aromatic carbocycles. The lowest BCUT2D eigenvalue weighted by atomic mass is 10.1. The number of hydrogen-bond acceptors (Lipinski definition) is 5. The van der Waals surface area contributed by atoms with E-state index in [0.717, 1.165) is 22.6 Å². The number of rotatable bonds is 5. The Kier molecular flexibility index (Phi) is 5.31. The van der Waals surface area contributed by atoms with E-state index in [1.54, 1.807) is 28.4 Å². The lowest BCUT2D eigenvalue weighted by molar-refractivity contribution is 0.0606. The van der Waals surface area contributed by atoms with Gasteiger partial charge >= 0.3 is 5.97 Å². The van der Waals surface area contributed by atoms with Gasteiger partial charge in [0, 0.05) is 17.1 Å². The molecule has 2 aromatic heterocycles. The second-order valence-electron chi connectivity index (χ2n) is 5.23. The third-order valence-electron chi connectivity index (χ3n) is 3.75. The Labute approximate surface area is 154 Å². The Bertz CT molecular complexity index is 866. The van der Waals surface area contributed by atoms with Crippen molar-refractivity contribution >= 4 is 40.2 Å². The van der Waals surface area contributed by atoms with Crippen molar-refractivity contribution in [1.82, 2.24) is 0 Å². The molecule has 4 nitrogen and oxygen atoms in total. The van der Waals surface area contributed by atoms with Crippen LogP contribution in [0.5, 0.6) is 0 Å². The molecule has 2 heterocycles. The van der Waals surface area contributed by atoms with E-state index < -0.39 is 5.97 Å². The molecule has 0 atom stereocenters. The minimum atomic E-state index is -0.424. The average molecular weight is 371 g/mol. The summed E-state index contributed by atoms with van der Waals surface area (Å²) in [6, 6.07) is 15.3.